The van der Waals surface area contributed by atoms with Gasteiger partial charge in [-0.05, 0) is 49.8 Å². The van der Waals surface area contributed by atoms with Crippen molar-refractivity contribution in [1.82, 2.24) is 4.90 Å². The van der Waals surface area contributed by atoms with Crippen molar-refractivity contribution in [1.29, 1.82) is 0 Å². The maximum atomic E-state index is 13.3. The number of piperidine rings is 1. The van der Waals surface area contributed by atoms with E-state index in [1.165, 1.54) is 12.8 Å². The largest absolute Gasteiger partial charge is 0.342 e. The zero-order chi connectivity index (χ0) is 14.7. The Hall–Kier alpha value is -1.02. The second-order valence-electron chi connectivity index (χ2n) is 6.51. The van der Waals surface area contributed by atoms with Crippen LogP contribution in [0.1, 0.15) is 56.9 Å². The summed E-state index contributed by atoms with van der Waals surface area (Å²) in [7, 11) is 0. The standard InChI is InChI=1S/C18H24ClNO/c19-16-9-7-8-15(14-16)18(10-3-1-4-11-18)17(21)20-12-5-2-6-13-20/h7-9,14H,1-6,10-13H2. The van der Waals surface area contributed by atoms with Crippen LogP contribution in [0, 0.1) is 0 Å². The van der Waals surface area contributed by atoms with E-state index in [2.05, 4.69) is 11.0 Å². The molecule has 3 heteroatoms. The van der Waals surface area contributed by atoms with Crippen LogP contribution in [0.2, 0.25) is 5.02 Å². The number of nitrogens with zero attached hydrogens (tertiary/aromatic N) is 1. The van der Waals surface area contributed by atoms with E-state index >= 15 is 0 Å². The Morgan fingerprint density at radius 1 is 1.00 bits per heavy atom. The number of benzene rings is 1. The fourth-order valence-corrected chi connectivity index (χ4v) is 4.16. The third kappa shape index (κ3) is 2.96. The van der Waals surface area contributed by atoms with Gasteiger partial charge in [-0.3, -0.25) is 4.79 Å². The lowest BCUT2D eigenvalue weighted by atomic mass is 9.68. The molecule has 1 aromatic carbocycles. The van der Waals surface area contributed by atoms with E-state index in [9.17, 15) is 4.79 Å². The molecule has 1 heterocycles. The number of rotatable bonds is 2. The minimum atomic E-state index is -0.319. The molecule has 1 saturated heterocycles. The Bertz CT molecular complexity index is 502. The normalized spacial score (nSPS) is 22.0. The van der Waals surface area contributed by atoms with Gasteiger partial charge in [-0.2, -0.15) is 0 Å². The van der Waals surface area contributed by atoms with Gasteiger partial charge in [-0.15, -0.1) is 0 Å². The Balaban J connectivity index is 1.94. The topological polar surface area (TPSA) is 20.3 Å². The van der Waals surface area contributed by atoms with Crippen LogP contribution >= 0.6 is 11.6 Å². The van der Waals surface area contributed by atoms with Gasteiger partial charge in [0.25, 0.3) is 0 Å². The molecule has 114 valence electrons. The third-order valence-electron chi connectivity index (χ3n) is 5.14. The SMILES string of the molecule is O=C(N1CCCCC1)C1(c2cccc(Cl)c2)CCCCC1. The molecule has 3 rings (SSSR count). The number of carbonyl (C=O) groups excluding carboxylic acids is 1. The number of amides is 1. The fourth-order valence-electron chi connectivity index (χ4n) is 3.97. The Kier molecular flexibility index (Phi) is 4.54. The molecule has 1 aromatic rings. The second-order valence-corrected chi connectivity index (χ2v) is 6.94. The molecule has 0 unspecified atom stereocenters. The van der Waals surface area contributed by atoms with Crippen molar-refractivity contribution >= 4 is 17.5 Å². The maximum Gasteiger partial charge on any atom is 0.233 e. The number of carbonyl (C=O) groups is 1. The molecule has 0 spiro atoms. The monoisotopic (exact) mass is 305 g/mol. The van der Waals surface area contributed by atoms with Crippen molar-refractivity contribution in [2.45, 2.75) is 56.8 Å². The Morgan fingerprint density at radius 2 is 1.67 bits per heavy atom. The maximum absolute atomic E-state index is 13.3. The fraction of sp³-hybridized carbons (Fsp3) is 0.611. The Labute approximate surface area is 132 Å². The van der Waals surface area contributed by atoms with Crippen molar-refractivity contribution in [3.8, 4) is 0 Å². The highest BCUT2D eigenvalue weighted by atomic mass is 35.5. The summed E-state index contributed by atoms with van der Waals surface area (Å²) < 4.78 is 0. The molecule has 2 nitrogen and oxygen atoms in total. The van der Waals surface area contributed by atoms with Gasteiger partial charge >= 0.3 is 0 Å². The lowest BCUT2D eigenvalue weighted by molar-refractivity contribution is -0.139. The first-order chi connectivity index (χ1) is 10.2. The molecule has 0 radical (unpaired) electrons. The average Bonchev–Trinajstić information content (AvgIpc) is 2.55. The molecule has 2 fully saturated rings. The molecule has 1 saturated carbocycles. The van der Waals surface area contributed by atoms with Gasteiger partial charge in [0, 0.05) is 18.1 Å². The molecule has 0 atom stereocenters. The summed E-state index contributed by atoms with van der Waals surface area (Å²) in [5.41, 5.74) is 0.811. The zero-order valence-electron chi connectivity index (χ0n) is 12.6. The second kappa shape index (κ2) is 6.39. The molecule has 1 aliphatic heterocycles. The van der Waals surface area contributed by atoms with Crippen molar-refractivity contribution in [3.63, 3.8) is 0 Å². The van der Waals surface area contributed by atoms with Gasteiger partial charge in [0.15, 0.2) is 0 Å². The van der Waals surface area contributed by atoms with Gasteiger partial charge in [0.1, 0.15) is 0 Å². The van der Waals surface area contributed by atoms with E-state index < -0.39 is 0 Å². The van der Waals surface area contributed by atoms with Gasteiger partial charge in [0.2, 0.25) is 5.91 Å². The number of likely N-dealkylation sites (tertiary alicyclic amines) is 1. The molecule has 2 aliphatic rings. The predicted octanol–water partition coefficient (Wildman–Crippen LogP) is 4.55. The first kappa shape index (κ1) is 14.9. The van der Waals surface area contributed by atoms with Crippen LogP contribution in [-0.4, -0.2) is 23.9 Å². The van der Waals surface area contributed by atoms with Gasteiger partial charge in [0.05, 0.1) is 5.41 Å². The van der Waals surface area contributed by atoms with Crippen molar-refractivity contribution in [3.05, 3.63) is 34.9 Å². The van der Waals surface area contributed by atoms with Crippen LogP contribution in [0.5, 0.6) is 0 Å². The Morgan fingerprint density at radius 3 is 2.33 bits per heavy atom. The van der Waals surface area contributed by atoms with Crippen LogP contribution < -0.4 is 0 Å². The van der Waals surface area contributed by atoms with Crippen molar-refractivity contribution < 1.29 is 4.79 Å². The quantitative estimate of drug-likeness (QED) is 0.784. The summed E-state index contributed by atoms with van der Waals surface area (Å²) >= 11 is 6.19. The van der Waals surface area contributed by atoms with Crippen LogP contribution in [0.15, 0.2) is 24.3 Å². The summed E-state index contributed by atoms with van der Waals surface area (Å²) in [6, 6.07) is 7.98. The van der Waals surface area contributed by atoms with E-state index in [1.807, 2.05) is 18.2 Å². The van der Waals surface area contributed by atoms with E-state index in [-0.39, 0.29) is 5.41 Å². The van der Waals surface area contributed by atoms with Gasteiger partial charge in [-0.25, -0.2) is 0 Å². The lowest BCUT2D eigenvalue weighted by Crippen LogP contribution is -2.49. The molecule has 1 aliphatic carbocycles. The van der Waals surface area contributed by atoms with Crippen LogP contribution in [-0.2, 0) is 10.2 Å². The summed E-state index contributed by atoms with van der Waals surface area (Å²) in [4.78, 5) is 15.4. The molecule has 0 bridgehead atoms. The molecule has 0 N–H and O–H groups in total. The van der Waals surface area contributed by atoms with Gasteiger partial charge in [-0.1, -0.05) is 43.0 Å². The minimum Gasteiger partial charge on any atom is -0.342 e. The first-order valence-electron chi connectivity index (χ1n) is 8.28. The first-order valence-corrected chi connectivity index (χ1v) is 8.66. The highest BCUT2D eigenvalue weighted by Gasteiger charge is 2.43. The minimum absolute atomic E-state index is 0.319. The van der Waals surface area contributed by atoms with Gasteiger partial charge < -0.3 is 4.90 Å². The highest BCUT2D eigenvalue weighted by Crippen LogP contribution is 2.42. The third-order valence-corrected chi connectivity index (χ3v) is 5.37. The van der Waals surface area contributed by atoms with E-state index in [1.54, 1.807) is 0 Å². The molecule has 0 aromatic heterocycles. The summed E-state index contributed by atoms with van der Waals surface area (Å²) in [5.74, 6) is 0.351. The van der Waals surface area contributed by atoms with Crippen LogP contribution in [0.25, 0.3) is 0 Å². The average molecular weight is 306 g/mol. The number of halogens is 1. The van der Waals surface area contributed by atoms with Crippen molar-refractivity contribution in [2.75, 3.05) is 13.1 Å². The molecule has 1 amide bonds. The summed E-state index contributed by atoms with van der Waals surface area (Å²) in [6.07, 6.45) is 9.04. The molecular weight excluding hydrogens is 282 g/mol. The number of hydrogen-bond donors (Lipinski definition) is 0. The smallest absolute Gasteiger partial charge is 0.233 e. The van der Waals surface area contributed by atoms with Crippen LogP contribution in [0.4, 0.5) is 0 Å². The summed E-state index contributed by atoms with van der Waals surface area (Å²) in [5, 5.41) is 0.740. The molecule has 21 heavy (non-hydrogen) atoms. The van der Waals surface area contributed by atoms with E-state index in [4.69, 9.17) is 11.6 Å². The van der Waals surface area contributed by atoms with E-state index in [0.717, 1.165) is 62.2 Å². The summed E-state index contributed by atoms with van der Waals surface area (Å²) in [6.45, 7) is 1.86. The van der Waals surface area contributed by atoms with Crippen LogP contribution in [0.3, 0.4) is 0 Å². The number of hydrogen-bond acceptors (Lipinski definition) is 1. The zero-order valence-corrected chi connectivity index (χ0v) is 13.4. The lowest BCUT2D eigenvalue weighted by Gasteiger charge is -2.41. The predicted molar refractivity (Wildman–Crippen MR) is 86.6 cm³/mol. The van der Waals surface area contributed by atoms with Crippen molar-refractivity contribution in [2.24, 2.45) is 0 Å². The van der Waals surface area contributed by atoms with E-state index in [0.29, 0.717) is 5.91 Å². The highest BCUT2D eigenvalue weighted by molar-refractivity contribution is 6.30. The molecular formula is C18H24ClNO.